The lowest BCUT2D eigenvalue weighted by Gasteiger charge is -2.04. The highest BCUT2D eigenvalue weighted by Gasteiger charge is 2.03. The number of phenolic OH excluding ortho intramolecular Hbond substituents is 2. The van der Waals surface area contributed by atoms with Crippen LogP contribution in [0, 0.1) is 0 Å². The molecule has 0 aromatic heterocycles. The number of aromatic hydroxyl groups is 2. The molecule has 0 saturated heterocycles. The summed E-state index contributed by atoms with van der Waals surface area (Å²) in [5.41, 5.74) is 2.46. The number of allylic oxidation sites excluding steroid dienone is 3. The second kappa shape index (κ2) is 8.15. The van der Waals surface area contributed by atoms with E-state index in [1.165, 1.54) is 19.2 Å². The summed E-state index contributed by atoms with van der Waals surface area (Å²) < 4.78 is 4.63. The number of hydrogen-bond donors (Lipinski definition) is 2. The van der Waals surface area contributed by atoms with Crippen LogP contribution in [0.4, 0.5) is 0 Å². The molecular weight excluding hydrogens is 268 g/mol. The maximum absolute atomic E-state index is 11.2. The first kappa shape index (κ1) is 16.8. The number of methoxy groups -OCH3 is 1. The highest BCUT2D eigenvalue weighted by atomic mass is 16.5. The van der Waals surface area contributed by atoms with Crippen LogP contribution < -0.4 is 0 Å². The number of phenols is 2. The number of hydrogen-bond acceptors (Lipinski definition) is 4. The molecule has 114 valence electrons. The minimum atomic E-state index is -0.304. The Hall–Kier alpha value is -2.23. The fourth-order valence-corrected chi connectivity index (χ4v) is 1.88. The van der Waals surface area contributed by atoms with E-state index in [4.69, 9.17) is 0 Å². The Kier molecular flexibility index (Phi) is 6.53. The number of carbonyl (C=O) groups is 1. The molecule has 4 heteroatoms. The largest absolute Gasteiger partial charge is 0.508 e. The van der Waals surface area contributed by atoms with Crippen LogP contribution in [0.3, 0.4) is 0 Å². The third kappa shape index (κ3) is 5.73. The van der Waals surface area contributed by atoms with E-state index in [2.05, 4.69) is 4.74 Å². The summed E-state index contributed by atoms with van der Waals surface area (Å²) in [4.78, 5) is 11.2. The lowest BCUT2D eigenvalue weighted by Crippen LogP contribution is -2.01. The maximum atomic E-state index is 11.2. The topological polar surface area (TPSA) is 66.8 Å². The van der Waals surface area contributed by atoms with Crippen LogP contribution in [0.5, 0.6) is 11.5 Å². The molecule has 21 heavy (non-hydrogen) atoms. The van der Waals surface area contributed by atoms with Crippen molar-refractivity contribution in [2.75, 3.05) is 7.11 Å². The number of carbonyl (C=O) groups excluding carboxylic acids is 1. The zero-order valence-electron chi connectivity index (χ0n) is 12.7. The second-order valence-electron chi connectivity index (χ2n) is 4.99. The summed E-state index contributed by atoms with van der Waals surface area (Å²) in [5.74, 6) is 0.0186. The summed E-state index contributed by atoms with van der Waals surface area (Å²) in [5, 5.41) is 19.1. The highest BCUT2D eigenvalue weighted by molar-refractivity contribution is 5.87. The molecule has 0 amide bonds. The molecule has 0 bridgehead atoms. The van der Waals surface area contributed by atoms with Gasteiger partial charge in [0, 0.05) is 11.1 Å². The molecule has 0 saturated carbocycles. The zero-order valence-corrected chi connectivity index (χ0v) is 12.7. The first-order valence-electron chi connectivity index (χ1n) is 6.85. The van der Waals surface area contributed by atoms with Crippen molar-refractivity contribution in [2.24, 2.45) is 0 Å². The van der Waals surface area contributed by atoms with Crippen molar-refractivity contribution in [2.45, 2.75) is 33.1 Å². The Balaban J connectivity index is 2.54. The van der Waals surface area contributed by atoms with Crippen LogP contribution in [0.25, 0.3) is 0 Å². The molecule has 2 N–H and O–H groups in total. The minimum Gasteiger partial charge on any atom is -0.508 e. The van der Waals surface area contributed by atoms with Crippen LogP contribution >= 0.6 is 0 Å². The van der Waals surface area contributed by atoms with Crippen molar-refractivity contribution in [1.82, 2.24) is 0 Å². The molecule has 4 nitrogen and oxygen atoms in total. The maximum Gasteiger partial charge on any atom is 0.333 e. The van der Waals surface area contributed by atoms with Crippen LogP contribution in [0.2, 0.25) is 0 Å². The van der Waals surface area contributed by atoms with Crippen molar-refractivity contribution < 1.29 is 19.7 Å². The van der Waals surface area contributed by atoms with Gasteiger partial charge in [-0.15, -0.1) is 0 Å². The van der Waals surface area contributed by atoms with E-state index in [1.807, 2.05) is 19.1 Å². The van der Waals surface area contributed by atoms with Gasteiger partial charge in [-0.3, -0.25) is 0 Å². The summed E-state index contributed by atoms with van der Waals surface area (Å²) >= 11 is 0. The van der Waals surface area contributed by atoms with Gasteiger partial charge < -0.3 is 14.9 Å². The van der Waals surface area contributed by atoms with Crippen LogP contribution in [-0.2, 0) is 16.0 Å². The van der Waals surface area contributed by atoms with Crippen LogP contribution in [0.1, 0.15) is 32.3 Å². The molecule has 0 aliphatic carbocycles. The Morgan fingerprint density at radius 3 is 2.62 bits per heavy atom. The average molecular weight is 290 g/mol. The van der Waals surface area contributed by atoms with Crippen LogP contribution in [0.15, 0.2) is 41.5 Å². The predicted octanol–water partition coefficient (Wildman–Crippen LogP) is 3.49. The van der Waals surface area contributed by atoms with Gasteiger partial charge in [0.2, 0.25) is 0 Å². The molecule has 0 heterocycles. The molecule has 0 atom stereocenters. The fraction of sp³-hybridized carbons (Fsp3) is 0.353. The van der Waals surface area contributed by atoms with Gasteiger partial charge in [-0.25, -0.2) is 4.79 Å². The molecule has 0 fully saturated rings. The summed E-state index contributed by atoms with van der Waals surface area (Å²) in [6.07, 6.45) is 6.01. The monoisotopic (exact) mass is 290 g/mol. The van der Waals surface area contributed by atoms with E-state index in [-0.39, 0.29) is 17.5 Å². The van der Waals surface area contributed by atoms with Crippen molar-refractivity contribution in [3.63, 3.8) is 0 Å². The Morgan fingerprint density at radius 2 is 1.95 bits per heavy atom. The van der Waals surface area contributed by atoms with Crippen LogP contribution in [-0.4, -0.2) is 23.3 Å². The number of rotatable bonds is 6. The Bertz CT molecular complexity index is 556. The SMILES string of the molecule is COC(=O)C(C)=CCCC(C)=CCc1cc(O)ccc1O. The molecule has 1 rings (SSSR count). The standard InChI is InChI=1S/C17H22O4/c1-12(5-4-6-13(2)17(20)21-3)7-8-14-11-15(18)9-10-16(14)19/h6-7,9-11,18-19H,4-5,8H2,1-3H3. The molecule has 1 aromatic carbocycles. The van der Waals surface area contributed by atoms with Crippen molar-refractivity contribution in [3.8, 4) is 11.5 Å². The Morgan fingerprint density at radius 1 is 1.24 bits per heavy atom. The third-order valence-corrected chi connectivity index (χ3v) is 3.23. The first-order valence-corrected chi connectivity index (χ1v) is 6.85. The smallest absolute Gasteiger partial charge is 0.333 e. The summed E-state index contributed by atoms with van der Waals surface area (Å²) in [7, 11) is 1.37. The lowest BCUT2D eigenvalue weighted by molar-refractivity contribution is -0.136. The third-order valence-electron chi connectivity index (χ3n) is 3.23. The van der Waals surface area contributed by atoms with Gasteiger partial charge in [-0.1, -0.05) is 17.7 Å². The summed E-state index contributed by atoms with van der Waals surface area (Å²) in [6.45, 7) is 3.73. The lowest BCUT2D eigenvalue weighted by atomic mass is 10.1. The highest BCUT2D eigenvalue weighted by Crippen LogP contribution is 2.23. The van der Waals surface area contributed by atoms with E-state index in [1.54, 1.807) is 13.0 Å². The van der Waals surface area contributed by atoms with E-state index in [0.29, 0.717) is 17.6 Å². The van der Waals surface area contributed by atoms with E-state index >= 15 is 0 Å². The van der Waals surface area contributed by atoms with Crippen molar-refractivity contribution >= 4 is 5.97 Å². The fourth-order valence-electron chi connectivity index (χ4n) is 1.88. The van der Waals surface area contributed by atoms with Gasteiger partial charge in [-0.05, 0) is 51.3 Å². The number of ether oxygens (including phenoxy) is 1. The number of esters is 1. The van der Waals surface area contributed by atoms with E-state index in [9.17, 15) is 15.0 Å². The molecular formula is C17H22O4. The quantitative estimate of drug-likeness (QED) is 0.364. The minimum absolute atomic E-state index is 0.144. The first-order chi connectivity index (χ1) is 9.93. The molecule has 0 unspecified atom stereocenters. The molecule has 0 aliphatic heterocycles. The van der Waals surface area contributed by atoms with Gasteiger partial charge in [0.15, 0.2) is 0 Å². The van der Waals surface area contributed by atoms with E-state index in [0.717, 1.165) is 18.4 Å². The van der Waals surface area contributed by atoms with Gasteiger partial charge >= 0.3 is 5.97 Å². The molecule has 0 spiro atoms. The van der Waals surface area contributed by atoms with Gasteiger partial charge in [0.05, 0.1) is 7.11 Å². The zero-order chi connectivity index (χ0) is 15.8. The predicted molar refractivity (Wildman–Crippen MR) is 82.2 cm³/mol. The normalized spacial score (nSPS) is 12.3. The van der Waals surface area contributed by atoms with Gasteiger partial charge in [-0.2, -0.15) is 0 Å². The average Bonchev–Trinajstić information content (AvgIpc) is 2.47. The molecule has 0 radical (unpaired) electrons. The van der Waals surface area contributed by atoms with Crippen molar-refractivity contribution in [3.05, 3.63) is 47.1 Å². The molecule has 0 aliphatic rings. The summed E-state index contributed by atoms with van der Waals surface area (Å²) in [6, 6.07) is 4.49. The number of benzene rings is 1. The Labute approximate surface area is 125 Å². The van der Waals surface area contributed by atoms with Gasteiger partial charge in [0.25, 0.3) is 0 Å². The molecule has 1 aromatic rings. The second-order valence-corrected chi connectivity index (χ2v) is 4.99. The van der Waals surface area contributed by atoms with Crippen molar-refractivity contribution in [1.29, 1.82) is 0 Å². The van der Waals surface area contributed by atoms with Gasteiger partial charge in [0.1, 0.15) is 11.5 Å². The van der Waals surface area contributed by atoms with E-state index < -0.39 is 0 Å².